The van der Waals surface area contributed by atoms with E-state index in [9.17, 15) is 31.5 Å². The summed E-state index contributed by atoms with van der Waals surface area (Å²) >= 11 is 0. The molecule has 0 aliphatic heterocycles. The van der Waals surface area contributed by atoms with Gasteiger partial charge in [-0.1, -0.05) is 48.5 Å². The van der Waals surface area contributed by atoms with Crippen LogP contribution < -0.4 is 5.32 Å². The van der Waals surface area contributed by atoms with Crippen molar-refractivity contribution in [2.75, 3.05) is 20.1 Å². The molecular formula is C30H35F3N2O5S. The zero-order chi connectivity index (χ0) is 30.4. The van der Waals surface area contributed by atoms with Crippen LogP contribution in [0.25, 0.3) is 11.1 Å². The smallest absolute Gasteiger partial charge is 0.416 e. The Bertz CT molecular complexity index is 1420. The van der Waals surface area contributed by atoms with E-state index in [1.807, 2.05) is 38.1 Å². The van der Waals surface area contributed by atoms with E-state index >= 15 is 0 Å². The van der Waals surface area contributed by atoms with Gasteiger partial charge in [0.2, 0.25) is 10.0 Å². The summed E-state index contributed by atoms with van der Waals surface area (Å²) in [6.07, 6.45) is -4.61. The molecule has 0 aliphatic rings. The number of aliphatic hydroxyl groups excluding tert-OH is 1. The maximum absolute atomic E-state index is 13.3. The van der Waals surface area contributed by atoms with E-state index in [1.54, 1.807) is 18.2 Å². The molecule has 1 atom stereocenters. The number of carboxylic acid groups (broad SMARTS) is 1. The van der Waals surface area contributed by atoms with Crippen molar-refractivity contribution in [1.82, 2.24) is 9.62 Å². The number of alkyl halides is 3. The van der Waals surface area contributed by atoms with Gasteiger partial charge in [-0.2, -0.15) is 17.5 Å². The molecule has 0 amide bonds. The van der Waals surface area contributed by atoms with E-state index in [4.69, 9.17) is 5.11 Å². The van der Waals surface area contributed by atoms with Crippen LogP contribution in [0, 0.1) is 0 Å². The van der Waals surface area contributed by atoms with E-state index in [1.165, 1.54) is 25.2 Å². The summed E-state index contributed by atoms with van der Waals surface area (Å²) in [5, 5.41) is 22.6. The fourth-order valence-corrected chi connectivity index (χ4v) is 5.62. The molecule has 0 heterocycles. The van der Waals surface area contributed by atoms with Gasteiger partial charge in [0, 0.05) is 32.1 Å². The maximum Gasteiger partial charge on any atom is 0.416 e. The van der Waals surface area contributed by atoms with Gasteiger partial charge in [0.05, 0.1) is 16.6 Å². The van der Waals surface area contributed by atoms with Crippen molar-refractivity contribution in [2.24, 2.45) is 0 Å². The van der Waals surface area contributed by atoms with Crippen molar-refractivity contribution in [3.05, 3.63) is 89.5 Å². The lowest BCUT2D eigenvalue weighted by Gasteiger charge is -2.29. The van der Waals surface area contributed by atoms with Crippen molar-refractivity contribution in [1.29, 1.82) is 0 Å². The van der Waals surface area contributed by atoms with Crippen molar-refractivity contribution < 1.29 is 36.6 Å². The Morgan fingerprint density at radius 3 is 2.15 bits per heavy atom. The fourth-order valence-electron chi connectivity index (χ4n) is 4.37. The van der Waals surface area contributed by atoms with Crippen LogP contribution in [0.1, 0.15) is 37.0 Å². The van der Waals surface area contributed by atoms with E-state index in [0.29, 0.717) is 24.0 Å². The second kappa shape index (κ2) is 13.2. The van der Waals surface area contributed by atoms with Gasteiger partial charge in [-0.3, -0.25) is 4.79 Å². The number of carboxylic acids is 1. The lowest BCUT2D eigenvalue weighted by atomic mass is 9.94. The molecule has 0 radical (unpaired) electrons. The summed E-state index contributed by atoms with van der Waals surface area (Å²) in [6, 6.07) is 18.6. The number of benzene rings is 3. The third-order valence-corrected chi connectivity index (χ3v) is 8.49. The maximum atomic E-state index is 13.3. The minimum Gasteiger partial charge on any atom is -0.481 e. The van der Waals surface area contributed by atoms with Crippen LogP contribution in [0.3, 0.4) is 0 Å². The Morgan fingerprint density at radius 2 is 1.56 bits per heavy atom. The molecule has 0 aromatic heterocycles. The highest BCUT2D eigenvalue weighted by molar-refractivity contribution is 7.89. The van der Waals surface area contributed by atoms with Crippen LogP contribution in [0.15, 0.2) is 77.7 Å². The molecule has 3 aromatic rings. The summed E-state index contributed by atoms with van der Waals surface area (Å²) < 4.78 is 66.0. The average Bonchev–Trinajstić information content (AvgIpc) is 2.90. The monoisotopic (exact) mass is 592 g/mol. The second-order valence-corrected chi connectivity index (χ2v) is 12.7. The van der Waals surface area contributed by atoms with Gasteiger partial charge in [0.1, 0.15) is 0 Å². The first-order valence-corrected chi connectivity index (χ1v) is 14.5. The number of rotatable bonds is 13. The highest BCUT2D eigenvalue weighted by Gasteiger charge is 2.30. The van der Waals surface area contributed by atoms with Crippen molar-refractivity contribution in [3.63, 3.8) is 0 Å². The Labute approximate surface area is 238 Å². The van der Waals surface area contributed by atoms with Gasteiger partial charge in [0.25, 0.3) is 0 Å². The Balaban J connectivity index is 1.59. The molecule has 3 N–H and O–H groups in total. The van der Waals surface area contributed by atoms with E-state index in [-0.39, 0.29) is 24.4 Å². The van der Waals surface area contributed by atoms with E-state index in [2.05, 4.69) is 5.32 Å². The molecule has 0 saturated carbocycles. The molecular weight excluding hydrogens is 557 g/mol. The lowest BCUT2D eigenvalue weighted by molar-refractivity contribution is -0.138. The summed E-state index contributed by atoms with van der Waals surface area (Å²) in [7, 11) is -2.54. The van der Waals surface area contributed by atoms with E-state index < -0.39 is 39.4 Å². The highest BCUT2D eigenvalue weighted by Crippen LogP contribution is 2.29. The highest BCUT2D eigenvalue weighted by atomic mass is 32.2. The molecule has 0 fully saturated rings. The first kappa shape index (κ1) is 32.3. The quantitative estimate of drug-likeness (QED) is 0.259. The molecule has 7 nitrogen and oxygen atoms in total. The SMILES string of the molecule is CN(C[C@H](O)CNC(C)(C)Cc1ccc(C(F)(F)F)cc1)S(=O)(=O)c1cccc(-c2ccc(CCC(=O)O)cc2)c1. The molecule has 3 aromatic carbocycles. The number of aliphatic hydroxyl groups is 1. The van der Waals surface area contributed by atoms with E-state index in [0.717, 1.165) is 27.6 Å². The lowest BCUT2D eigenvalue weighted by Crippen LogP contribution is -2.47. The largest absolute Gasteiger partial charge is 0.481 e. The minimum absolute atomic E-state index is 0.0252. The zero-order valence-electron chi connectivity index (χ0n) is 23.1. The van der Waals surface area contributed by atoms with Gasteiger partial charge >= 0.3 is 12.1 Å². The number of hydrogen-bond donors (Lipinski definition) is 3. The van der Waals surface area contributed by atoms with Crippen LogP contribution in [-0.2, 0) is 33.8 Å². The standard InChI is InChI=1S/C30H35F3N2O5S/c1-29(2,18-22-9-14-25(15-10-22)30(31,32)33)34-19-26(36)20-35(3)41(39,40)27-6-4-5-24(17-27)23-12-7-21(8-13-23)11-16-28(37)38/h4-10,12-15,17,26,34,36H,11,16,18-20H2,1-3H3,(H,37,38)/t26-/m1/s1. The topological polar surface area (TPSA) is 107 Å². The molecule has 3 rings (SSSR count). The summed E-state index contributed by atoms with van der Waals surface area (Å²) in [5.41, 5.74) is 1.72. The Kier molecular flexibility index (Phi) is 10.4. The minimum atomic E-state index is -4.40. The molecule has 0 unspecified atom stereocenters. The summed E-state index contributed by atoms with van der Waals surface area (Å²) in [4.78, 5) is 10.9. The van der Waals surface area contributed by atoms with Gasteiger partial charge < -0.3 is 15.5 Å². The number of nitrogens with zero attached hydrogens (tertiary/aromatic N) is 1. The van der Waals surface area contributed by atoms with Crippen LogP contribution in [0.2, 0.25) is 0 Å². The molecule has 0 aliphatic carbocycles. The summed E-state index contributed by atoms with van der Waals surface area (Å²) in [5.74, 6) is -0.876. The van der Waals surface area contributed by atoms with Gasteiger partial charge in [-0.25, -0.2) is 8.42 Å². The third-order valence-electron chi connectivity index (χ3n) is 6.67. The zero-order valence-corrected chi connectivity index (χ0v) is 24.0. The molecule has 222 valence electrons. The number of carbonyl (C=O) groups is 1. The predicted molar refractivity (Wildman–Crippen MR) is 151 cm³/mol. The van der Waals surface area contributed by atoms with Crippen LogP contribution in [0.5, 0.6) is 0 Å². The molecule has 0 saturated heterocycles. The number of aryl methyl sites for hydroxylation is 1. The molecule has 0 spiro atoms. The van der Waals surface area contributed by atoms with Crippen LogP contribution in [-0.4, -0.2) is 60.7 Å². The van der Waals surface area contributed by atoms with Gasteiger partial charge in [0.15, 0.2) is 0 Å². The molecule has 41 heavy (non-hydrogen) atoms. The predicted octanol–water partition coefficient (Wildman–Crippen LogP) is 4.98. The van der Waals surface area contributed by atoms with Gasteiger partial charge in [-0.15, -0.1) is 0 Å². The normalized spacial score (nSPS) is 13.4. The van der Waals surface area contributed by atoms with Crippen molar-refractivity contribution >= 4 is 16.0 Å². The first-order valence-electron chi connectivity index (χ1n) is 13.0. The number of aliphatic carboxylic acids is 1. The van der Waals surface area contributed by atoms with Crippen molar-refractivity contribution in [3.8, 4) is 11.1 Å². The number of nitrogens with one attached hydrogen (secondary N) is 1. The first-order chi connectivity index (χ1) is 19.1. The molecule has 11 heteroatoms. The fraction of sp³-hybridized carbons (Fsp3) is 0.367. The van der Waals surface area contributed by atoms with Gasteiger partial charge in [-0.05, 0) is 73.2 Å². The van der Waals surface area contributed by atoms with Crippen LogP contribution >= 0.6 is 0 Å². The average molecular weight is 593 g/mol. The number of likely N-dealkylation sites (N-methyl/N-ethyl adjacent to an activating group) is 1. The second-order valence-electron chi connectivity index (χ2n) is 10.7. The number of β-amino-alcohol motifs (C(OH)–C–C–N with tert-alkyl or cyclic N) is 1. The molecule has 0 bridgehead atoms. The Hall–Kier alpha value is -3.25. The Morgan fingerprint density at radius 1 is 0.951 bits per heavy atom. The number of halogens is 3. The van der Waals surface area contributed by atoms with Crippen molar-refractivity contribution in [2.45, 2.75) is 55.8 Å². The number of sulfonamides is 1. The summed E-state index contributed by atoms with van der Waals surface area (Å²) in [6.45, 7) is 3.60. The number of hydrogen-bond acceptors (Lipinski definition) is 5. The van der Waals surface area contributed by atoms with Crippen LogP contribution in [0.4, 0.5) is 13.2 Å². The third kappa shape index (κ3) is 9.39.